The first kappa shape index (κ1) is 14.0. The van der Waals surface area contributed by atoms with Crippen molar-refractivity contribution in [3.05, 3.63) is 41.9 Å². The first-order chi connectivity index (χ1) is 11.2. The molecule has 3 aromatic rings. The van der Waals surface area contributed by atoms with E-state index in [2.05, 4.69) is 50.2 Å². The van der Waals surface area contributed by atoms with Crippen molar-refractivity contribution in [3.8, 4) is 0 Å². The van der Waals surface area contributed by atoms with Crippen molar-refractivity contribution < 1.29 is 0 Å². The first-order valence-electron chi connectivity index (χ1n) is 7.98. The third-order valence-electron chi connectivity index (χ3n) is 4.62. The van der Waals surface area contributed by atoms with Crippen LogP contribution < -0.4 is 10.6 Å². The third-order valence-corrected chi connectivity index (χ3v) is 4.62. The van der Waals surface area contributed by atoms with Gasteiger partial charge in [0, 0.05) is 36.2 Å². The van der Waals surface area contributed by atoms with Gasteiger partial charge in [0.1, 0.15) is 18.0 Å². The molecule has 1 fully saturated rings. The molecule has 3 N–H and O–H groups in total. The number of fused-ring (bicyclic) bond motifs is 1. The Kier molecular flexibility index (Phi) is 3.37. The minimum atomic E-state index is 0.492. The molecule has 3 heterocycles. The minimum Gasteiger partial charge on any atom is -0.382 e. The predicted octanol–water partition coefficient (Wildman–Crippen LogP) is 2.63. The van der Waals surface area contributed by atoms with Gasteiger partial charge in [0.05, 0.1) is 5.52 Å². The van der Waals surface area contributed by atoms with Crippen molar-refractivity contribution in [2.24, 2.45) is 0 Å². The van der Waals surface area contributed by atoms with E-state index < -0.39 is 0 Å². The molecule has 0 saturated carbocycles. The van der Waals surface area contributed by atoms with E-state index in [4.69, 9.17) is 5.73 Å². The molecule has 23 heavy (non-hydrogen) atoms. The fourth-order valence-corrected chi connectivity index (χ4v) is 3.37. The Balaban J connectivity index is 1.58. The maximum atomic E-state index is 5.71. The maximum absolute atomic E-state index is 5.71. The van der Waals surface area contributed by atoms with Crippen LogP contribution in [0.4, 0.5) is 11.6 Å². The van der Waals surface area contributed by atoms with Crippen molar-refractivity contribution in [2.45, 2.75) is 25.7 Å². The number of anilines is 2. The Hall–Kier alpha value is -2.63. The van der Waals surface area contributed by atoms with Crippen LogP contribution in [0.15, 0.2) is 30.6 Å². The standard InChI is InChI=1S/C17H20N6/c1-11-2-3-14-13(8-11)17(20-10-19-14)23-6-4-12(5-7-23)15-9-16(18)22-21-15/h2-3,8-10,12H,4-7H2,1H3,(H3,18,21,22). The van der Waals surface area contributed by atoms with Gasteiger partial charge in [0.2, 0.25) is 0 Å². The Bertz CT molecular complexity index is 832. The van der Waals surface area contributed by atoms with Crippen molar-refractivity contribution >= 4 is 22.5 Å². The summed E-state index contributed by atoms with van der Waals surface area (Å²) in [4.78, 5) is 11.3. The van der Waals surface area contributed by atoms with Crippen LogP contribution in [0.3, 0.4) is 0 Å². The summed E-state index contributed by atoms with van der Waals surface area (Å²) in [5.74, 6) is 2.10. The molecule has 0 unspecified atom stereocenters. The third kappa shape index (κ3) is 2.60. The number of benzene rings is 1. The van der Waals surface area contributed by atoms with Gasteiger partial charge >= 0.3 is 0 Å². The largest absolute Gasteiger partial charge is 0.382 e. The molecule has 118 valence electrons. The maximum Gasteiger partial charge on any atom is 0.145 e. The molecule has 1 saturated heterocycles. The van der Waals surface area contributed by atoms with Crippen LogP contribution in [0.5, 0.6) is 0 Å². The van der Waals surface area contributed by atoms with E-state index in [0.717, 1.165) is 48.3 Å². The summed E-state index contributed by atoms with van der Waals surface area (Å²) in [5.41, 5.74) is 9.09. The summed E-state index contributed by atoms with van der Waals surface area (Å²) in [6.07, 6.45) is 3.80. The van der Waals surface area contributed by atoms with Crippen LogP contribution >= 0.6 is 0 Å². The highest BCUT2D eigenvalue weighted by Crippen LogP contribution is 2.32. The van der Waals surface area contributed by atoms with E-state index in [0.29, 0.717) is 11.7 Å². The average molecular weight is 308 g/mol. The van der Waals surface area contributed by atoms with Crippen LogP contribution in [-0.4, -0.2) is 33.3 Å². The molecule has 0 radical (unpaired) electrons. The fourth-order valence-electron chi connectivity index (χ4n) is 3.37. The number of aromatic nitrogens is 4. The van der Waals surface area contributed by atoms with E-state index in [1.54, 1.807) is 6.33 Å². The topological polar surface area (TPSA) is 83.7 Å². The van der Waals surface area contributed by atoms with Crippen molar-refractivity contribution in [3.63, 3.8) is 0 Å². The number of piperidine rings is 1. The summed E-state index contributed by atoms with van der Waals surface area (Å²) in [5, 5.41) is 8.22. The van der Waals surface area contributed by atoms with E-state index in [9.17, 15) is 0 Å². The number of H-pyrrole nitrogens is 1. The SMILES string of the molecule is Cc1ccc2ncnc(N3CCC(c4cc(N)n[nH]4)CC3)c2c1. The Morgan fingerprint density at radius 1 is 1.17 bits per heavy atom. The lowest BCUT2D eigenvalue weighted by Gasteiger charge is -2.32. The van der Waals surface area contributed by atoms with E-state index in [-0.39, 0.29) is 0 Å². The van der Waals surface area contributed by atoms with Gasteiger partial charge in [-0.2, -0.15) is 5.10 Å². The van der Waals surface area contributed by atoms with Gasteiger partial charge in [0.15, 0.2) is 0 Å². The Morgan fingerprint density at radius 3 is 2.74 bits per heavy atom. The molecular formula is C17H20N6. The summed E-state index contributed by atoms with van der Waals surface area (Å²) in [6, 6.07) is 8.28. The number of rotatable bonds is 2. The zero-order chi connectivity index (χ0) is 15.8. The number of aryl methyl sites for hydroxylation is 1. The van der Waals surface area contributed by atoms with Crippen LogP contribution in [0.2, 0.25) is 0 Å². The monoisotopic (exact) mass is 308 g/mol. The quantitative estimate of drug-likeness (QED) is 0.760. The van der Waals surface area contributed by atoms with Crippen molar-refractivity contribution in [1.29, 1.82) is 0 Å². The van der Waals surface area contributed by atoms with Gasteiger partial charge in [0.25, 0.3) is 0 Å². The molecule has 6 heteroatoms. The van der Waals surface area contributed by atoms with E-state index in [1.165, 1.54) is 5.56 Å². The summed E-state index contributed by atoms with van der Waals surface area (Å²) in [6.45, 7) is 4.05. The van der Waals surface area contributed by atoms with Crippen LogP contribution in [0.25, 0.3) is 10.9 Å². The molecule has 0 spiro atoms. The van der Waals surface area contributed by atoms with E-state index >= 15 is 0 Å². The van der Waals surface area contributed by atoms with Crippen LogP contribution in [0, 0.1) is 6.92 Å². The molecule has 0 bridgehead atoms. The van der Waals surface area contributed by atoms with Gasteiger partial charge in [-0.3, -0.25) is 5.10 Å². The van der Waals surface area contributed by atoms with Crippen LogP contribution in [-0.2, 0) is 0 Å². The Labute approximate surface area is 134 Å². The first-order valence-corrected chi connectivity index (χ1v) is 7.98. The molecule has 6 nitrogen and oxygen atoms in total. The second-order valence-corrected chi connectivity index (χ2v) is 6.23. The molecule has 2 aromatic heterocycles. The van der Waals surface area contributed by atoms with E-state index in [1.807, 2.05) is 6.07 Å². The van der Waals surface area contributed by atoms with Crippen molar-refractivity contribution in [1.82, 2.24) is 20.2 Å². The zero-order valence-corrected chi connectivity index (χ0v) is 13.2. The highest BCUT2D eigenvalue weighted by Gasteiger charge is 2.24. The lowest BCUT2D eigenvalue weighted by Crippen LogP contribution is -2.33. The second-order valence-electron chi connectivity index (χ2n) is 6.23. The van der Waals surface area contributed by atoms with Crippen LogP contribution in [0.1, 0.15) is 30.0 Å². The highest BCUT2D eigenvalue weighted by atomic mass is 15.2. The summed E-state index contributed by atoms with van der Waals surface area (Å²) in [7, 11) is 0. The minimum absolute atomic E-state index is 0.492. The highest BCUT2D eigenvalue weighted by molar-refractivity contribution is 5.89. The molecule has 1 aliphatic rings. The predicted molar refractivity (Wildman–Crippen MR) is 91.5 cm³/mol. The lowest BCUT2D eigenvalue weighted by molar-refractivity contribution is 0.494. The molecule has 1 aromatic carbocycles. The smallest absolute Gasteiger partial charge is 0.145 e. The summed E-state index contributed by atoms with van der Waals surface area (Å²) < 4.78 is 0. The lowest BCUT2D eigenvalue weighted by atomic mass is 9.93. The number of hydrogen-bond acceptors (Lipinski definition) is 5. The average Bonchev–Trinajstić information content (AvgIpc) is 3.01. The molecular weight excluding hydrogens is 288 g/mol. The molecule has 1 aliphatic heterocycles. The van der Waals surface area contributed by atoms with Gasteiger partial charge in [-0.25, -0.2) is 9.97 Å². The zero-order valence-electron chi connectivity index (χ0n) is 13.2. The number of nitrogens with zero attached hydrogens (tertiary/aromatic N) is 4. The Morgan fingerprint density at radius 2 is 2.00 bits per heavy atom. The molecule has 0 aliphatic carbocycles. The van der Waals surface area contributed by atoms with Crippen molar-refractivity contribution in [2.75, 3.05) is 23.7 Å². The number of hydrogen-bond donors (Lipinski definition) is 2. The molecule has 0 amide bonds. The van der Waals surface area contributed by atoms with Gasteiger partial charge < -0.3 is 10.6 Å². The molecule has 4 rings (SSSR count). The number of nitrogen functional groups attached to an aromatic ring is 1. The number of aromatic amines is 1. The van der Waals surface area contributed by atoms with Gasteiger partial charge in [-0.05, 0) is 31.9 Å². The normalized spacial score (nSPS) is 16.1. The fraction of sp³-hybridized carbons (Fsp3) is 0.353. The van der Waals surface area contributed by atoms with Gasteiger partial charge in [-0.1, -0.05) is 11.6 Å². The number of nitrogens with two attached hydrogens (primary N) is 1. The van der Waals surface area contributed by atoms with Gasteiger partial charge in [-0.15, -0.1) is 0 Å². The second kappa shape index (κ2) is 5.53. The molecule has 0 atom stereocenters. The number of nitrogens with one attached hydrogen (secondary N) is 1. The summed E-state index contributed by atoms with van der Waals surface area (Å²) >= 11 is 0.